The Balaban J connectivity index is 1.88. The molecule has 1 aromatic rings. The number of carbonyl (C=O) groups is 2. The van der Waals surface area contributed by atoms with Crippen LogP contribution in [0, 0.1) is 0 Å². The number of ether oxygens (including phenoxy) is 1. The zero-order valence-corrected chi connectivity index (χ0v) is 12.8. The van der Waals surface area contributed by atoms with E-state index in [1.807, 2.05) is 43.3 Å². The van der Waals surface area contributed by atoms with Crippen molar-refractivity contribution in [3.8, 4) is 0 Å². The van der Waals surface area contributed by atoms with Crippen LogP contribution in [-0.4, -0.2) is 25.0 Å². The molecule has 1 aromatic carbocycles. The second-order valence-electron chi connectivity index (χ2n) is 5.08. The van der Waals surface area contributed by atoms with E-state index in [0.29, 0.717) is 13.0 Å². The van der Waals surface area contributed by atoms with E-state index in [9.17, 15) is 9.59 Å². The van der Waals surface area contributed by atoms with Gasteiger partial charge in [-0.3, -0.25) is 4.79 Å². The number of amides is 1. The quantitative estimate of drug-likeness (QED) is 0.460. The molecule has 0 bridgehead atoms. The van der Waals surface area contributed by atoms with Crippen LogP contribution in [0.15, 0.2) is 42.5 Å². The Kier molecular flexibility index (Phi) is 5.95. The van der Waals surface area contributed by atoms with Crippen molar-refractivity contribution in [1.82, 2.24) is 0 Å². The van der Waals surface area contributed by atoms with Crippen LogP contribution in [0.1, 0.15) is 31.7 Å². The molecular formula is C18H21NO3. The highest BCUT2D eigenvalue weighted by atomic mass is 16.5. The second kappa shape index (κ2) is 8.17. The van der Waals surface area contributed by atoms with Crippen molar-refractivity contribution >= 4 is 23.6 Å². The summed E-state index contributed by atoms with van der Waals surface area (Å²) < 4.78 is 5.02. The molecule has 22 heavy (non-hydrogen) atoms. The third-order valence-corrected chi connectivity index (χ3v) is 3.41. The number of hydrogen-bond acceptors (Lipinski definition) is 3. The molecule has 0 unspecified atom stereocenters. The van der Waals surface area contributed by atoms with Crippen molar-refractivity contribution in [1.29, 1.82) is 0 Å². The molecule has 4 nitrogen and oxygen atoms in total. The summed E-state index contributed by atoms with van der Waals surface area (Å²) >= 11 is 0. The van der Waals surface area contributed by atoms with Crippen LogP contribution in [0.4, 0.5) is 5.69 Å². The Morgan fingerprint density at radius 1 is 1.27 bits per heavy atom. The molecule has 0 aromatic heterocycles. The lowest BCUT2D eigenvalue weighted by molar-refractivity contribution is -0.136. The van der Waals surface area contributed by atoms with E-state index in [1.54, 1.807) is 11.0 Å². The third-order valence-electron chi connectivity index (χ3n) is 3.41. The number of nitrogens with zero attached hydrogens (tertiary/aromatic N) is 1. The van der Waals surface area contributed by atoms with Crippen LogP contribution in [-0.2, 0) is 14.3 Å². The molecule has 1 saturated heterocycles. The smallest absolute Gasteiger partial charge is 0.331 e. The zero-order chi connectivity index (χ0) is 15.8. The number of benzene rings is 1. The minimum absolute atomic E-state index is 0.173. The highest BCUT2D eigenvalue weighted by Gasteiger charge is 2.21. The molecule has 0 radical (unpaired) electrons. The summed E-state index contributed by atoms with van der Waals surface area (Å²) in [6.07, 6.45) is 9.37. The maximum Gasteiger partial charge on any atom is 0.331 e. The lowest BCUT2D eigenvalue weighted by Gasteiger charge is -2.15. The Bertz CT molecular complexity index is 572. The number of rotatable bonds is 6. The first kappa shape index (κ1) is 16.0. The van der Waals surface area contributed by atoms with Gasteiger partial charge in [-0.15, -0.1) is 0 Å². The van der Waals surface area contributed by atoms with E-state index >= 15 is 0 Å². The standard InChI is InChI=1S/C18H21NO3/c1-2-3-4-14-22-18(21)12-9-15-7-10-16(11-8-15)19-13-5-6-17(19)20/h3-4,7-12H,2,5-6,13-14H2,1H3/b4-3+,12-9+. The molecular weight excluding hydrogens is 278 g/mol. The van der Waals surface area contributed by atoms with Gasteiger partial charge in [0.15, 0.2) is 0 Å². The lowest BCUT2D eigenvalue weighted by atomic mass is 10.2. The predicted octanol–water partition coefficient (Wildman–Crippen LogP) is 3.34. The van der Waals surface area contributed by atoms with E-state index in [2.05, 4.69) is 0 Å². The SMILES string of the molecule is CC/C=C/COC(=O)/C=C/c1ccc(N2CCCC2=O)cc1. The summed E-state index contributed by atoms with van der Waals surface area (Å²) in [5.41, 5.74) is 1.81. The molecule has 1 aliphatic heterocycles. The maximum atomic E-state index is 11.7. The van der Waals surface area contributed by atoms with Crippen molar-refractivity contribution in [3.63, 3.8) is 0 Å². The third kappa shape index (κ3) is 4.58. The monoisotopic (exact) mass is 299 g/mol. The van der Waals surface area contributed by atoms with E-state index in [-0.39, 0.29) is 11.9 Å². The molecule has 0 spiro atoms. The summed E-state index contributed by atoms with van der Waals surface area (Å²) in [5, 5.41) is 0. The summed E-state index contributed by atoms with van der Waals surface area (Å²) in [7, 11) is 0. The first-order valence-corrected chi connectivity index (χ1v) is 7.61. The van der Waals surface area contributed by atoms with Gasteiger partial charge in [0.1, 0.15) is 6.61 Å². The van der Waals surface area contributed by atoms with Crippen molar-refractivity contribution in [2.75, 3.05) is 18.1 Å². The topological polar surface area (TPSA) is 46.6 Å². The van der Waals surface area contributed by atoms with Crippen molar-refractivity contribution in [2.45, 2.75) is 26.2 Å². The number of esters is 1. The van der Waals surface area contributed by atoms with E-state index in [4.69, 9.17) is 4.74 Å². The Morgan fingerprint density at radius 2 is 2.05 bits per heavy atom. The van der Waals surface area contributed by atoms with Gasteiger partial charge < -0.3 is 9.64 Å². The molecule has 0 saturated carbocycles. The average molecular weight is 299 g/mol. The number of anilines is 1. The van der Waals surface area contributed by atoms with Gasteiger partial charge in [0, 0.05) is 24.7 Å². The minimum Gasteiger partial charge on any atom is -0.458 e. The number of carbonyl (C=O) groups excluding carboxylic acids is 2. The van der Waals surface area contributed by atoms with Gasteiger partial charge in [-0.2, -0.15) is 0 Å². The maximum absolute atomic E-state index is 11.7. The van der Waals surface area contributed by atoms with Crippen LogP contribution in [0.5, 0.6) is 0 Å². The minimum atomic E-state index is -0.362. The Labute approximate surface area is 131 Å². The highest BCUT2D eigenvalue weighted by Crippen LogP contribution is 2.21. The lowest BCUT2D eigenvalue weighted by Crippen LogP contribution is -2.23. The molecule has 1 heterocycles. The highest BCUT2D eigenvalue weighted by molar-refractivity contribution is 5.95. The zero-order valence-electron chi connectivity index (χ0n) is 12.8. The van der Waals surface area contributed by atoms with Crippen LogP contribution in [0.25, 0.3) is 6.08 Å². The van der Waals surface area contributed by atoms with Crippen molar-refractivity contribution in [3.05, 3.63) is 48.1 Å². The van der Waals surface area contributed by atoms with Crippen molar-refractivity contribution in [2.24, 2.45) is 0 Å². The van der Waals surface area contributed by atoms with Gasteiger partial charge in [-0.05, 0) is 36.6 Å². The van der Waals surface area contributed by atoms with Crippen LogP contribution < -0.4 is 4.90 Å². The Morgan fingerprint density at radius 3 is 2.68 bits per heavy atom. The van der Waals surface area contributed by atoms with E-state index < -0.39 is 0 Å². The van der Waals surface area contributed by atoms with Gasteiger partial charge in [0.25, 0.3) is 0 Å². The first-order valence-electron chi connectivity index (χ1n) is 7.61. The van der Waals surface area contributed by atoms with Gasteiger partial charge in [-0.25, -0.2) is 4.79 Å². The van der Waals surface area contributed by atoms with Crippen molar-refractivity contribution < 1.29 is 14.3 Å². The van der Waals surface area contributed by atoms with E-state index in [1.165, 1.54) is 6.08 Å². The first-order chi connectivity index (χ1) is 10.7. The van der Waals surface area contributed by atoms with E-state index in [0.717, 1.165) is 30.6 Å². The molecule has 0 atom stereocenters. The fraction of sp³-hybridized carbons (Fsp3) is 0.333. The molecule has 2 rings (SSSR count). The molecule has 116 valence electrons. The van der Waals surface area contributed by atoms with Gasteiger partial charge in [0.05, 0.1) is 0 Å². The van der Waals surface area contributed by atoms with Crippen LogP contribution in [0.3, 0.4) is 0 Å². The molecule has 1 amide bonds. The largest absolute Gasteiger partial charge is 0.458 e. The van der Waals surface area contributed by atoms with Gasteiger partial charge in [-0.1, -0.05) is 31.2 Å². The number of allylic oxidation sites excluding steroid dienone is 1. The molecule has 1 fully saturated rings. The summed E-state index contributed by atoms with van der Waals surface area (Å²) in [4.78, 5) is 25.0. The van der Waals surface area contributed by atoms with Gasteiger partial charge >= 0.3 is 5.97 Å². The summed E-state index contributed by atoms with van der Waals surface area (Å²) in [5.74, 6) is -0.188. The normalized spacial score (nSPS) is 15.1. The Hall–Kier alpha value is -2.36. The fourth-order valence-electron chi connectivity index (χ4n) is 2.26. The molecule has 0 aliphatic carbocycles. The summed E-state index contributed by atoms with van der Waals surface area (Å²) in [6, 6.07) is 7.58. The van der Waals surface area contributed by atoms with Crippen LogP contribution in [0.2, 0.25) is 0 Å². The molecule has 0 N–H and O–H groups in total. The second-order valence-corrected chi connectivity index (χ2v) is 5.08. The molecule has 1 aliphatic rings. The molecule has 4 heteroatoms. The van der Waals surface area contributed by atoms with Gasteiger partial charge in [0.2, 0.25) is 5.91 Å². The average Bonchev–Trinajstić information content (AvgIpc) is 2.96. The van der Waals surface area contributed by atoms with Crippen LogP contribution >= 0.6 is 0 Å². The summed E-state index contributed by atoms with van der Waals surface area (Å²) in [6.45, 7) is 3.11. The fourth-order valence-corrected chi connectivity index (χ4v) is 2.26. The number of hydrogen-bond donors (Lipinski definition) is 0. The predicted molar refractivity (Wildman–Crippen MR) is 87.5 cm³/mol.